The highest BCUT2D eigenvalue weighted by Gasteiger charge is 2.16. The van der Waals surface area contributed by atoms with Crippen molar-refractivity contribution in [2.45, 2.75) is 45.4 Å². The fraction of sp³-hybridized carbons (Fsp3) is 0.533. The summed E-state index contributed by atoms with van der Waals surface area (Å²) in [5, 5.41) is 0. The topological polar surface area (TPSA) is 26.3 Å². The molecule has 0 N–H and O–H groups in total. The number of carbonyl (C=O) groups is 1. The third-order valence-electron chi connectivity index (χ3n) is 2.86. The summed E-state index contributed by atoms with van der Waals surface area (Å²) < 4.78 is 6.23. The molecule has 3 heteroatoms. The summed E-state index contributed by atoms with van der Waals surface area (Å²) in [6.07, 6.45) is 3.45. The number of benzene rings is 1. The maximum absolute atomic E-state index is 11.7. The maximum Gasteiger partial charge on any atom is 0.306 e. The van der Waals surface area contributed by atoms with E-state index in [4.69, 9.17) is 4.74 Å². The third-order valence-corrected chi connectivity index (χ3v) is 3.39. The van der Waals surface area contributed by atoms with Crippen molar-refractivity contribution in [3.8, 4) is 0 Å². The summed E-state index contributed by atoms with van der Waals surface area (Å²) in [7, 11) is 0. The summed E-state index contributed by atoms with van der Waals surface area (Å²) >= 11 is 3.43. The lowest BCUT2D eigenvalue weighted by Gasteiger charge is -2.16. The van der Waals surface area contributed by atoms with E-state index in [1.165, 1.54) is 5.56 Å². The summed E-state index contributed by atoms with van der Waals surface area (Å²) in [6.45, 7) is 4.67. The normalized spacial score (nSPS) is 12.2. The van der Waals surface area contributed by atoms with Crippen LogP contribution in [0.3, 0.4) is 0 Å². The van der Waals surface area contributed by atoms with Gasteiger partial charge in [0.25, 0.3) is 0 Å². The van der Waals surface area contributed by atoms with Gasteiger partial charge in [-0.25, -0.2) is 0 Å². The lowest BCUT2D eigenvalue weighted by molar-refractivity contribution is -0.144. The maximum atomic E-state index is 11.7. The van der Waals surface area contributed by atoms with Crippen LogP contribution in [0.5, 0.6) is 0 Å². The van der Waals surface area contributed by atoms with Crippen molar-refractivity contribution in [3.05, 3.63) is 34.3 Å². The number of ether oxygens (including phenoxy) is 1. The Hall–Kier alpha value is -0.830. The van der Waals surface area contributed by atoms with Gasteiger partial charge in [0.05, 0.1) is 13.0 Å². The molecular weight excluding hydrogens is 292 g/mol. The molecular formula is C15H21BrO2. The second-order valence-corrected chi connectivity index (χ2v) is 5.38. The number of esters is 1. The van der Waals surface area contributed by atoms with Crippen molar-refractivity contribution in [1.82, 2.24) is 0 Å². The molecule has 0 aliphatic heterocycles. The van der Waals surface area contributed by atoms with E-state index in [0.717, 1.165) is 23.7 Å². The smallest absolute Gasteiger partial charge is 0.306 e. The van der Waals surface area contributed by atoms with Gasteiger partial charge < -0.3 is 4.74 Å². The highest BCUT2D eigenvalue weighted by atomic mass is 79.9. The first kappa shape index (κ1) is 15.2. The Kier molecular flexibility index (Phi) is 7.02. The largest absolute Gasteiger partial charge is 0.466 e. The summed E-state index contributed by atoms with van der Waals surface area (Å²) in [4.78, 5) is 11.7. The first-order valence-corrected chi connectivity index (χ1v) is 7.37. The molecule has 0 aromatic heterocycles. The molecule has 18 heavy (non-hydrogen) atoms. The highest BCUT2D eigenvalue weighted by Crippen LogP contribution is 2.26. The Bertz CT molecular complexity index is 359. The van der Waals surface area contributed by atoms with Crippen LogP contribution < -0.4 is 0 Å². The van der Waals surface area contributed by atoms with E-state index in [9.17, 15) is 4.79 Å². The molecule has 0 heterocycles. The second kappa shape index (κ2) is 8.30. The average molecular weight is 313 g/mol. The highest BCUT2D eigenvalue weighted by molar-refractivity contribution is 9.10. The standard InChI is InChI=1S/C15H21BrO2/c1-3-5-13(11-15(17)18-10-4-2)12-6-8-14(16)9-7-12/h6-9,13H,3-5,10-11H2,1-2H3. The van der Waals surface area contributed by atoms with Crippen LogP contribution >= 0.6 is 15.9 Å². The minimum absolute atomic E-state index is 0.0850. The van der Waals surface area contributed by atoms with Gasteiger partial charge in [-0.15, -0.1) is 0 Å². The van der Waals surface area contributed by atoms with E-state index in [2.05, 4.69) is 35.0 Å². The molecule has 100 valence electrons. The molecule has 0 fully saturated rings. The second-order valence-electron chi connectivity index (χ2n) is 4.46. The van der Waals surface area contributed by atoms with Gasteiger partial charge in [-0.3, -0.25) is 4.79 Å². The number of carbonyl (C=O) groups excluding carboxylic acids is 1. The van der Waals surface area contributed by atoms with Gasteiger partial charge in [-0.2, -0.15) is 0 Å². The number of hydrogen-bond donors (Lipinski definition) is 0. The SMILES string of the molecule is CCCOC(=O)CC(CCC)c1ccc(Br)cc1. The van der Waals surface area contributed by atoms with Crippen LogP contribution in [0.2, 0.25) is 0 Å². The zero-order valence-electron chi connectivity index (χ0n) is 11.1. The van der Waals surface area contributed by atoms with Crippen molar-refractivity contribution in [2.24, 2.45) is 0 Å². The lowest BCUT2D eigenvalue weighted by atomic mass is 9.91. The molecule has 2 nitrogen and oxygen atoms in total. The average Bonchev–Trinajstić information content (AvgIpc) is 2.37. The van der Waals surface area contributed by atoms with Crippen LogP contribution in [-0.2, 0) is 9.53 Å². The number of rotatable bonds is 7. The lowest BCUT2D eigenvalue weighted by Crippen LogP contribution is -2.11. The van der Waals surface area contributed by atoms with Crippen LogP contribution in [0.1, 0.15) is 51.0 Å². The van der Waals surface area contributed by atoms with E-state index >= 15 is 0 Å². The molecule has 1 aromatic rings. The van der Waals surface area contributed by atoms with Crippen molar-refractivity contribution < 1.29 is 9.53 Å². The minimum atomic E-state index is -0.0850. The van der Waals surface area contributed by atoms with Gasteiger partial charge in [0.1, 0.15) is 0 Å². The van der Waals surface area contributed by atoms with Crippen LogP contribution in [-0.4, -0.2) is 12.6 Å². The third kappa shape index (κ3) is 5.21. The Morgan fingerprint density at radius 2 is 1.89 bits per heavy atom. The summed E-state index contributed by atoms with van der Waals surface area (Å²) in [5.74, 6) is 0.186. The molecule has 0 radical (unpaired) electrons. The summed E-state index contributed by atoms with van der Waals surface area (Å²) in [5.41, 5.74) is 1.22. The van der Waals surface area contributed by atoms with Crippen LogP contribution in [0.15, 0.2) is 28.7 Å². The fourth-order valence-electron chi connectivity index (χ4n) is 1.95. The number of halogens is 1. The van der Waals surface area contributed by atoms with E-state index in [1.807, 2.05) is 19.1 Å². The molecule has 0 saturated heterocycles. The molecule has 1 aromatic carbocycles. The Balaban J connectivity index is 2.64. The molecule has 1 atom stereocenters. The predicted octanol–water partition coefficient (Wildman–Crippen LogP) is 4.68. The molecule has 0 aliphatic rings. The Labute approximate surface area is 118 Å². The van der Waals surface area contributed by atoms with Gasteiger partial charge in [0, 0.05) is 4.47 Å². The van der Waals surface area contributed by atoms with Crippen LogP contribution in [0.25, 0.3) is 0 Å². The van der Waals surface area contributed by atoms with Gasteiger partial charge in [0.15, 0.2) is 0 Å². The fourth-order valence-corrected chi connectivity index (χ4v) is 2.21. The van der Waals surface area contributed by atoms with Crippen LogP contribution in [0.4, 0.5) is 0 Å². The van der Waals surface area contributed by atoms with Crippen LogP contribution in [0, 0.1) is 0 Å². The molecule has 0 bridgehead atoms. The molecule has 0 amide bonds. The first-order valence-electron chi connectivity index (χ1n) is 6.58. The predicted molar refractivity (Wildman–Crippen MR) is 77.7 cm³/mol. The molecule has 0 saturated carbocycles. The van der Waals surface area contributed by atoms with Crippen molar-refractivity contribution in [2.75, 3.05) is 6.61 Å². The van der Waals surface area contributed by atoms with Gasteiger partial charge in [-0.05, 0) is 36.5 Å². The zero-order valence-corrected chi connectivity index (χ0v) is 12.7. The minimum Gasteiger partial charge on any atom is -0.466 e. The van der Waals surface area contributed by atoms with Crippen molar-refractivity contribution in [3.63, 3.8) is 0 Å². The molecule has 1 rings (SSSR count). The van der Waals surface area contributed by atoms with E-state index in [0.29, 0.717) is 13.0 Å². The Morgan fingerprint density at radius 3 is 2.44 bits per heavy atom. The van der Waals surface area contributed by atoms with Gasteiger partial charge in [0.2, 0.25) is 0 Å². The zero-order chi connectivity index (χ0) is 13.4. The summed E-state index contributed by atoms with van der Waals surface area (Å²) in [6, 6.07) is 8.21. The molecule has 0 spiro atoms. The van der Waals surface area contributed by atoms with E-state index in [-0.39, 0.29) is 11.9 Å². The van der Waals surface area contributed by atoms with E-state index in [1.54, 1.807) is 0 Å². The van der Waals surface area contributed by atoms with Crippen molar-refractivity contribution in [1.29, 1.82) is 0 Å². The quantitative estimate of drug-likeness (QED) is 0.683. The van der Waals surface area contributed by atoms with Gasteiger partial charge in [-0.1, -0.05) is 48.3 Å². The molecule has 0 aliphatic carbocycles. The van der Waals surface area contributed by atoms with Gasteiger partial charge >= 0.3 is 5.97 Å². The van der Waals surface area contributed by atoms with E-state index < -0.39 is 0 Å². The van der Waals surface area contributed by atoms with Crippen molar-refractivity contribution >= 4 is 21.9 Å². The Morgan fingerprint density at radius 1 is 1.22 bits per heavy atom. The first-order chi connectivity index (χ1) is 8.67. The monoisotopic (exact) mass is 312 g/mol. The molecule has 1 unspecified atom stereocenters. The number of hydrogen-bond acceptors (Lipinski definition) is 2.